The molecule has 0 bridgehead atoms. The van der Waals surface area contributed by atoms with Crippen LogP contribution >= 0.6 is 0 Å². The van der Waals surface area contributed by atoms with E-state index < -0.39 is 0 Å². The van der Waals surface area contributed by atoms with Gasteiger partial charge in [-0.25, -0.2) is 0 Å². The molecule has 0 spiro atoms. The van der Waals surface area contributed by atoms with E-state index in [1.165, 1.54) is 11.3 Å². The van der Waals surface area contributed by atoms with Crippen molar-refractivity contribution in [2.75, 3.05) is 13.6 Å². The third-order valence-electron chi connectivity index (χ3n) is 3.11. The molecule has 0 aromatic carbocycles. The second-order valence-electron chi connectivity index (χ2n) is 4.63. The number of fused-ring (bicyclic) bond motifs is 1. The van der Waals surface area contributed by atoms with Gasteiger partial charge in [0.25, 0.3) is 5.91 Å². The third-order valence-corrected chi connectivity index (χ3v) is 3.11. The Morgan fingerprint density at radius 2 is 2.00 bits per heavy atom. The number of carbonyl (C=O) groups is 1. The lowest BCUT2D eigenvalue weighted by molar-refractivity contribution is 0.0747. The Bertz CT molecular complexity index is 404. The Kier molecular flexibility index (Phi) is 2.33. The molecule has 0 saturated carbocycles. The monoisotopic (exact) mass is 206 g/mol. The van der Waals surface area contributed by atoms with Crippen LogP contribution in [0.5, 0.6) is 0 Å². The molecule has 1 aromatic heterocycles. The van der Waals surface area contributed by atoms with Gasteiger partial charge in [0.15, 0.2) is 0 Å². The molecule has 1 aromatic rings. The largest absolute Gasteiger partial charge is 0.339 e. The third kappa shape index (κ3) is 1.46. The van der Waals surface area contributed by atoms with Crippen LogP contribution in [-0.2, 0) is 6.54 Å². The van der Waals surface area contributed by atoms with E-state index in [9.17, 15) is 4.79 Å². The average molecular weight is 206 g/mol. The normalized spacial score (nSPS) is 16.1. The Hall–Kier alpha value is -1.25. The summed E-state index contributed by atoms with van der Waals surface area (Å²) in [6.07, 6.45) is 0. The molecule has 0 unspecified atom stereocenters. The van der Waals surface area contributed by atoms with Gasteiger partial charge in [-0.15, -0.1) is 0 Å². The fourth-order valence-electron chi connectivity index (χ4n) is 2.43. The number of nitrogens with zero attached hydrogens (tertiary/aromatic N) is 2. The Morgan fingerprint density at radius 3 is 2.60 bits per heavy atom. The number of rotatable bonds is 1. The lowest BCUT2D eigenvalue weighted by Crippen LogP contribution is -2.37. The molecule has 2 rings (SSSR count). The van der Waals surface area contributed by atoms with Crippen molar-refractivity contribution in [1.82, 2.24) is 9.47 Å². The number of likely N-dealkylation sites (N-methyl/N-ethyl adjacent to an activating group) is 1. The van der Waals surface area contributed by atoms with E-state index in [1.54, 1.807) is 4.90 Å². The molecule has 0 fully saturated rings. The predicted octanol–water partition coefficient (Wildman–Crippen LogP) is 2.01. The minimum Gasteiger partial charge on any atom is -0.339 e. The molecule has 2 heterocycles. The molecule has 3 nitrogen and oxygen atoms in total. The Morgan fingerprint density at radius 1 is 1.33 bits per heavy atom. The van der Waals surface area contributed by atoms with Crippen LogP contribution in [0.2, 0.25) is 0 Å². The minimum atomic E-state index is 0.149. The molecule has 15 heavy (non-hydrogen) atoms. The molecule has 1 amide bonds. The van der Waals surface area contributed by atoms with E-state index in [2.05, 4.69) is 25.3 Å². The van der Waals surface area contributed by atoms with Crippen molar-refractivity contribution in [1.29, 1.82) is 0 Å². The van der Waals surface area contributed by atoms with Gasteiger partial charge in [-0.3, -0.25) is 4.79 Å². The maximum absolute atomic E-state index is 11.9. The predicted molar refractivity (Wildman–Crippen MR) is 60.2 cm³/mol. The van der Waals surface area contributed by atoms with Crippen molar-refractivity contribution in [2.45, 2.75) is 33.2 Å². The van der Waals surface area contributed by atoms with Crippen molar-refractivity contribution in [3.05, 3.63) is 23.0 Å². The van der Waals surface area contributed by atoms with E-state index in [0.29, 0.717) is 5.92 Å². The van der Waals surface area contributed by atoms with Gasteiger partial charge in [-0.2, -0.15) is 0 Å². The molecule has 3 heteroatoms. The number of carbonyl (C=O) groups excluding carboxylic acids is 1. The van der Waals surface area contributed by atoms with Gasteiger partial charge >= 0.3 is 0 Å². The highest BCUT2D eigenvalue weighted by Crippen LogP contribution is 2.26. The highest BCUT2D eigenvalue weighted by atomic mass is 16.2. The summed E-state index contributed by atoms with van der Waals surface area (Å²) >= 11 is 0. The standard InChI is InChI=1S/C12H18N2O/c1-8(2)11-9(3)7-10-12(15)13(4)5-6-14(10)11/h7-8H,5-6H2,1-4H3. The minimum absolute atomic E-state index is 0.149. The maximum atomic E-state index is 11.9. The topological polar surface area (TPSA) is 25.2 Å². The number of aryl methyl sites for hydroxylation is 1. The molecule has 0 atom stereocenters. The second kappa shape index (κ2) is 3.40. The van der Waals surface area contributed by atoms with Crippen LogP contribution in [0.25, 0.3) is 0 Å². The van der Waals surface area contributed by atoms with Gasteiger partial charge in [0.05, 0.1) is 0 Å². The van der Waals surface area contributed by atoms with Crippen LogP contribution in [0.1, 0.15) is 41.5 Å². The molecule has 82 valence electrons. The van der Waals surface area contributed by atoms with E-state index in [1.807, 2.05) is 13.1 Å². The highest BCUT2D eigenvalue weighted by molar-refractivity contribution is 5.93. The van der Waals surface area contributed by atoms with E-state index in [4.69, 9.17) is 0 Å². The summed E-state index contributed by atoms with van der Waals surface area (Å²) in [6, 6.07) is 2.02. The summed E-state index contributed by atoms with van der Waals surface area (Å²) in [5, 5.41) is 0. The van der Waals surface area contributed by atoms with Crippen molar-refractivity contribution < 1.29 is 4.79 Å². The quantitative estimate of drug-likeness (QED) is 0.690. The lowest BCUT2D eigenvalue weighted by atomic mass is 10.1. The van der Waals surface area contributed by atoms with E-state index in [0.717, 1.165) is 18.8 Å². The zero-order valence-corrected chi connectivity index (χ0v) is 9.87. The van der Waals surface area contributed by atoms with Crippen molar-refractivity contribution in [2.24, 2.45) is 0 Å². The Balaban J connectivity index is 2.55. The smallest absolute Gasteiger partial charge is 0.270 e. The van der Waals surface area contributed by atoms with E-state index in [-0.39, 0.29) is 5.91 Å². The first-order valence-electron chi connectivity index (χ1n) is 5.48. The molecule has 0 N–H and O–H groups in total. The summed E-state index contributed by atoms with van der Waals surface area (Å²) in [5.74, 6) is 0.631. The zero-order chi connectivity index (χ0) is 11.2. The first kappa shape index (κ1) is 10.3. The SMILES string of the molecule is Cc1cc2n(c1C(C)C)CCN(C)C2=O. The first-order chi connectivity index (χ1) is 7.02. The molecule has 0 radical (unpaired) electrons. The van der Waals surface area contributed by atoms with Crippen molar-refractivity contribution in [3.63, 3.8) is 0 Å². The maximum Gasteiger partial charge on any atom is 0.270 e. The number of amides is 1. The van der Waals surface area contributed by atoms with Gasteiger partial charge in [0, 0.05) is 25.8 Å². The number of aromatic nitrogens is 1. The van der Waals surface area contributed by atoms with Crippen LogP contribution in [0, 0.1) is 6.92 Å². The summed E-state index contributed by atoms with van der Waals surface area (Å²) in [5.41, 5.74) is 3.40. The van der Waals surface area contributed by atoms with Crippen molar-refractivity contribution in [3.8, 4) is 0 Å². The molecule has 0 aliphatic carbocycles. The van der Waals surface area contributed by atoms with Crippen LogP contribution in [0.15, 0.2) is 6.07 Å². The van der Waals surface area contributed by atoms with Crippen LogP contribution in [-0.4, -0.2) is 29.0 Å². The fourth-order valence-corrected chi connectivity index (χ4v) is 2.43. The van der Waals surface area contributed by atoms with Crippen LogP contribution < -0.4 is 0 Å². The molecular weight excluding hydrogens is 188 g/mol. The van der Waals surface area contributed by atoms with Gasteiger partial charge < -0.3 is 9.47 Å². The zero-order valence-electron chi connectivity index (χ0n) is 9.87. The van der Waals surface area contributed by atoms with Crippen molar-refractivity contribution >= 4 is 5.91 Å². The summed E-state index contributed by atoms with van der Waals surface area (Å²) < 4.78 is 2.18. The number of hydrogen-bond donors (Lipinski definition) is 0. The second-order valence-corrected chi connectivity index (χ2v) is 4.63. The average Bonchev–Trinajstić information content (AvgIpc) is 2.49. The summed E-state index contributed by atoms with van der Waals surface area (Å²) in [4.78, 5) is 13.7. The molecule has 0 saturated heterocycles. The summed E-state index contributed by atoms with van der Waals surface area (Å²) in [7, 11) is 1.86. The highest BCUT2D eigenvalue weighted by Gasteiger charge is 2.25. The van der Waals surface area contributed by atoms with Gasteiger partial charge in [-0.1, -0.05) is 13.8 Å². The summed E-state index contributed by atoms with van der Waals surface area (Å²) in [6.45, 7) is 8.20. The van der Waals surface area contributed by atoms with Gasteiger partial charge in [-0.05, 0) is 24.5 Å². The van der Waals surface area contributed by atoms with Crippen LogP contribution in [0.3, 0.4) is 0 Å². The molecule has 1 aliphatic heterocycles. The van der Waals surface area contributed by atoms with Gasteiger partial charge in [0.1, 0.15) is 5.69 Å². The van der Waals surface area contributed by atoms with E-state index >= 15 is 0 Å². The molecule has 1 aliphatic rings. The fraction of sp³-hybridized carbons (Fsp3) is 0.583. The lowest BCUT2D eigenvalue weighted by Gasteiger charge is -2.26. The van der Waals surface area contributed by atoms with Gasteiger partial charge in [0.2, 0.25) is 0 Å². The molecular formula is C12H18N2O. The first-order valence-corrected chi connectivity index (χ1v) is 5.48. The number of hydrogen-bond acceptors (Lipinski definition) is 1. The van der Waals surface area contributed by atoms with Crippen LogP contribution in [0.4, 0.5) is 0 Å². The Labute approximate surface area is 90.7 Å².